The Hall–Kier alpha value is -1.58. The van der Waals surface area contributed by atoms with Crippen molar-refractivity contribution in [2.75, 3.05) is 7.11 Å². The van der Waals surface area contributed by atoms with Crippen LogP contribution in [0.1, 0.15) is 10.4 Å². The molecular weight excluding hydrogens is 158 g/mol. The minimum absolute atomic E-state index is 0.253. The van der Waals surface area contributed by atoms with Crippen LogP contribution in [0.25, 0.3) is 0 Å². The van der Waals surface area contributed by atoms with Gasteiger partial charge in [0.1, 0.15) is 6.29 Å². The van der Waals surface area contributed by atoms with Gasteiger partial charge in [0, 0.05) is 24.7 Å². The van der Waals surface area contributed by atoms with Crippen molar-refractivity contribution in [2.45, 2.75) is 0 Å². The molecular formula is C8H9NO3. The summed E-state index contributed by atoms with van der Waals surface area (Å²) in [5, 5.41) is 0. The normalized spacial score (nSPS) is 9.50. The molecule has 0 aliphatic heterocycles. The van der Waals surface area contributed by atoms with Crippen LogP contribution >= 0.6 is 0 Å². The first-order valence-electron chi connectivity index (χ1n) is 3.39. The Labute approximate surface area is 69.4 Å². The molecule has 0 saturated heterocycles. The lowest BCUT2D eigenvalue weighted by Crippen LogP contribution is -2.17. The number of aldehydes is 1. The minimum atomic E-state index is -0.253. The molecule has 64 valence electrons. The highest BCUT2D eigenvalue weighted by molar-refractivity contribution is 5.74. The Bertz CT molecular complexity index is 354. The van der Waals surface area contributed by atoms with Crippen LogP contribution in [0.5, 0.6) is 5.88 Å². The van der Waals surface area contributed by atoms with E-state index in [4.69, 9.17) is 4.74 Å². The van der Waals surface area contributed by atoms with Crippen LogP contribution in [0.15, 0.2) is 16.9 Å². The van der Waals surface area contributed by atoms with E-state index in [0.717, 1.165) is 0 Å². The summed E-state index contributed by atoms with van der Waals surface area (Å²) >= 11 is 0. The van der Waals surface area contributed by atoms with Gasteiger partial charge in [-0.15, -0.1) is 0 Å². The number of carbonyl (C=O) groups excluding carboxylic acids is 1. The molecule has 0 spiro atoms. The van der Waals surface area contributed by atoms with Crippen LogP contribution in [0, 0.1) is 0 Å². The number of aromatic nitrogens is 1. The summed E-state index contributed by atoms with van der Waals surface area (Å²) in [4.78, 5) is 21.4. The highest BCUT2D eigenvalue weighted by atomic mass is 16.5. The van der Waals surface area contributed by atoms with Crippen LogP contribution in [0.3, 0.4) is 0 Å². The van der Waals surface area contributed by atoms with Crippen molar-refractivity contribution in [3.8, 4) is 5.88 Å². The van der Waals surface area contributed by atoms with Crippen LogP contribution in [-0.2, 0) is 7.05 Å². The molecule has 1 aromatic heterocycles. The first-order chi connectivity index (χ1) is 5.69. The number of hydrogen-bond donors (Lipinski definition) is 0. The van der Waals surface area contributed by atoms with Crippen molar-refractivity contribution in [3.63, 3.8) is 0 Å². The van der Waals surface area contributed by atoms with Crippen molar-refractivity contribution in [1.29, 1.82) is 0 Å². The molecule has 0 amide bonds. The van der Waals surface area contributed by atoms with Gasteiger partial charge in [-0.25, -0.2) is 0 Å². The summed E-state index contributed by atoms with van der Waals surface area (Å²) in [5.41, 5.74) is 0.0754. The Morgan fingerprint density at radius 1 is 1.50 bits per heavy atom. The lowest BCUT2D eigenvalue weighted by Gasteiger charge is -2.05. The van der Waals surface area contributed by atoms with Gasteiger partial charge in [0.15, 0.2) is 5.88 Å². The molecule has 0 N–H and O–H groups in total. The highest BCUT2D eigenvalue weighted by Gasteiger charge is 2.01. The largest absolute Gasteiger partial charge is 0.482 e. The molecule has 0 fully saturated rings. The van der Waals surface area contributed by atoms with Crippen LogP contribution in [0.4, 0.5) is 0 Å². The molecule has 0 saturated carbocycles. The molecule has 4 heteroatoms. The fraction of sp³-hybridized carbons (Fsp3) is 0.250. The zero-order chi connectivity index (χ0) is 9.14. The van der Waals surface area contributed by atoms with Gasteiger partial charge in [-0.1, -0.05) is 0 Å². The second-order valence-corrected chi connectivity index (χ2v) is 2.35. The van der Waals surface area contributed by atoms with E-state index in [1.807, 2.05) is 0 Å². The van der Waals surface area contributed by atoms with Crippen molar-refractivity contribution in [3.05, 3.63) is 28.0 Å². The predicted molar refractivity (Wildman–Crippen MR) is 43.6 cm³/mol. The summed E-state index contributed by atoms with van der Waals surface area (Å²) in [6.45, 7) is 0. The fourth-order valence-electron chi connectivity index (χ4n) is 0.893. The van der Waals surface area contributed by atoms with Crippen molar-refractivity contribution in [1.82, 2.24) is 4.57 Å². The summed E-state index contributed by atoms with van der Waals surface area (Å²) in [6.07, 6.45) is 0.615. The second-order valence-electron chi connectivity index (χ2n) is 2.35. The van der Waals surface area contributed by atoms with Crippen LogP contribution in [-0.4, -0.2) is 18.0 Å². The predicted octanol–water partition coefficient (Wildman–Crippen LogP) is 0.206. The summed E-state index contributed by atoms with van der Waals surface area (Å²) in [6, 6.07) is 2.77. The molecule has 0 bridgehead atoms. The molecule has 1 rings (SSSR count). The molecule has 0 radical (unpaired) electrons. The van der Waals surface area contributed by atoms with Gasteiger partial charge in [-0.2, -0.15) is 0 Å². The quantitative estimate of drug-likeness (QED) is 0.591. The molecule has 0 unspecified atom stereocenters. The standard InChI is InChI=1S/C8H9NO3/c1-9-7(11)3-6(5-10)4-8(9)12-2/h3-5H,1-2H3. The van der Waals surface area contributed by atoms with Crippen LogP contribution in [0.2, 0.25) is 0 Å². The monoisotopic (exact) mass is 167 g/mol. The summed E-state index contributed by atoms with van der Waals surface area (Å²) < 4.78 is 6.20. The number of carbonyl (C=O) groups is 1. The van der Waals surface area contributed by atoms with E-state index in [2.05, 4.69) is 0 Å². The van der Waals surface area contributed by atoms with E-state index in [1.54, 1.807) is 7.05 Å². The van der Waals surface area contributed by atoms with Gasteiger partial charge in [0.2, 0.25) is 0 Å². The number of pyridine rings is 1. The van der Waals surface area contributed by atoms with E-state index >= 15 is 0 Å². The molecule has 0 aliphatic rings. The zero-order valence-electron chi connectivity index (χ0n) is 6.90. The summed E-state index contributed by atoms with van der Waals surface area (Å²) in [5.74, 6) is 0.379. The Balaban J connectivity index is 3.38. The Kier molecular flexibility index (Phi) is 2.28. The maximum atomic E-state index is 11.1. The van der Waals surface area contributed by atoms with E-state index in [0.29, 0.717) is 17.7 Å². The van der Waals surface area contributed by atoms with Gasteiger partial charge in [-0.3, -0.25) is 14.2 Å². The average molecular weight is 167 g/mol. The molecule has 12 heavy (non-hydrogen) atoms. The van der Waals surface area contributed by atoms with Gasteiger partial charge in [0.05, 0.1) is 7.11 Å². The van der Waals surface area contributed by atoms with E-state index in [1.165, 1.54) is 23.8 Å². The van der Waals surface area contributed by atoms with E-state index in [9.17, 15) is 9.59 Å². The number of ether oxygens (including phenoxy) is 1. The van der Waals surface area contributed by atoms with Gasteiger partial charge in [-0.05, 0) is 0 Å². The molecule has 1 heterocycles. The third-order valence-electron chi connectivity index (χ3n) is 1.59. The topological polar surface area (TPSA) is 48.3 Å². The average Bonchev–Trinajstić information content (AvgIpc) is 2.09. The number of nitrogens with zero attached hydrogens (tertiary/aromatic N) is 1. The maximum absolute atomic E-state index is 11.1. The highest BCUT2D eigenvalue weighted by Crippen LogP contribution is 2.06. The molecule has 0 atom stereocenters. The molecule has 4 nitrogen and oxygen atoms in total. The zero-order valence-corrected chi connectivity index (χ0v) is 6.90. The molecule has 0 aliphatic carbocycles. The fourth-order valence-corrected chi connectivity index (χ4v) is 0.893. The van der Waals surface area contributed by atoms with Crippen LogP contribution < -0.4 is 10.3 Å². The minimum Gasteiger partial charge on any atom is -0.482 e. The van der Waals surface area contributed by atoms with Gasteiger partial charge >= 0.3 is 0 Å². The van der Waals surface area contributed by atoms with Crippen molar-refractivity contribution in [2.24, 2.45) is 7.05 Å². The SMILES string of the molecule is COc1cc(C=O)cc(=O)n1C. The van der Waals surface area contributed by atoms with Crippen molar-refractivity contribution >= 4 is 6.29 Å². The van der Waals surface area contributed by atoms with Crippen molar-refractivity contribution < 1.29 is 9.53 Å². The van der Waals surface area contributed by atoms with Gasteiger partial charge in [0.25, 0.3) is 5.56 Å². The smallest absolute Gasteiger partial charge is 0.253 e. The number of methoxy groups -OCH3 is 1. The third-order valence-corrected chi connectivity index (χ3v) is 1.59. The van der Waals surface area contributed by atoms with Gasteiger partial charge < -0.3 is 4.74 Å². The number of rotatable bonds is 2. The van der Waals surface area contributed by atoms with E-state index in [-0.39, 0.29) is 5.56 Å². The third kappa shape index (κ3) is 1.37. The number of hydrogen-bond acceptors (Lipinski definition) is 3. The Morgan fingerprint density at radius 3 is 2.67 bits per heavy atom. The van der Waals surface area contributed by atoms with E-state index < -0.39 is 0 Å². The lowest BCUT2D eigenvalue weighted by molar-refractivity contribution is 0.112. The first-order valence-corrected chi connectivity index (χ1v) is 3.39. The summed E-state index contributed by atoms with van der Waals surface area (Å²) in [7, 11) is 3.03. The first kappa shape index (κ1) is 8.52. The second kappa shape index (κ2) is 3.21. The maximum Gasteiger partial charge on any atom is 0.253 e. The lowest BCUT2D eigenvalue weighted by atomic mass is 10.3. The molecule has 1 aromatic rings. The Morgan fingerprint density at radius 2 is 2.17 bits per heavy atom. The molecule has 0 aromatic carbocycles.